The molecular weight excluding hydrogens is 460 g/mol. The lowest BCUT2D eigenvalue weighted by molar-refractivity contribution is -0.138. The van der Waals surface area contributed by atoms with Crippen molar-refractivity contribution in [3.63, 3.8) is 0 Å². The molecule has 2 aromatic carbocycles. The number of carbonyl (C=O) groups excluding carboxylic acids is 1. The maximum Gasteiger partial charge on any atom is 0.407 e. The van der Waals surface area contributed by atoms with Crippen LogP contribution in [0.3, 0.4) is 0 Å². The first kappa shape index (κ1) is 29.3. The minimum absolute atomic E-state index is 0.0404. The zero-order chi connectivity index (χ0) is 26.2. The number of benzene rings is 2. The van der Waals surface area contributed by atoms with Gasteiger partial charge in [0, 0.05) is 26.2 Å². The number of nitrogens with zero attached hydrogens (tertiary/aromatic N) is 1. The van der Waals surface area contributed by atoms with E-state index in [0.717, 1.165) is 0 Å². The quantitative estimate of drug-likeness (QED) is 0.328. The first-order valence-corrected chi connectivity index (χ1v) is 12.4. The molecule has 0 saturated carbocycles. The van der Waals surface area contributed by atoms with Gasteiger partial charge in [-0.1, -0.05) is 60.7 Å². The van der Waals surface area contributed by atoms with Crippen molar-refractivity contribution in [1.82, 2.24) is 10.2 Å². The van der Waals surface area contributed by atoms with Crippen molar-refractivity contribution < 1.29 is 28.9 Å². The summed E-state index contributed by atoms with van der Waals surface area (Å²) in [4.78, 5) is 25.0. The van der Waals surface area contributed by atoms with Crippen LogP contribution >= 0.6 is 0 Å². The predicted octanol–water partition coefficient (Wildman–Crippen LogP) is 4.48. The van der Waals surface area contributed by atoms with Crippen LogP contribution < -0.4 is 5.32 Å². The van der Waals surface area contributed by atoms with E-state index in [1.165, 1.54) is 11.1 Å². The third kappa shape index (κ3) is 13.2. The highest BCUT2D eigenvalue weighted by atomic mass is 16.6. The number of carboxylic acid groups (broad SMARTS) is 1. The zero-order valence-corrected chi connectivity index (χ0v) is 21.7. The maximum atomic E-state index is 11.8. The minimum Gasteiger partial charge on any atom is -0.481 e. The summed E-state index contributed by atoms with van der Waals surface area (Å²) < 4.78 is 17.0. The molecule has 2 rings (SSSR count). The summed E-state index contributed by atoms with van der Waals surface area (Å²) in [6, 6.07) is 20.3. The standard InChI is InChI=1S/C28H40N2O6/c1-28(2,3)36-27(33)29-16-10-17-34-21-25(22-35-18-15-26(31)32)30(19-23-11-6-4-7-12-23)20-24-13-8-5-9-14-24/h4-9,11-14,25H,10,15-22H2,1-3H3,(H,29,33)(H,31,32). The van der Waals surface area contributed by atoms with Crippen LogP contribution in [-0.2, 0) is 32.1 Å². The Balaban J connectivity index is 1.97. The van der Waals surface area contributed by atoms with Gasteiger partial charge in [0.2, 0.25) is 0 Å². The maximum absolute atomic E-state index is 11.8. The summed E-state index contributed by atoms with van der Waals surface area (Å²) in [7, 11) is 0. The van der Waals surface area contributed by atoms with Gasteiger partial charge in [-0.2, -0.15) is 0 Å². The van der Waals surface area contributed by atoms with Gasteiger partial charge in [-0.3, -0.25) is 9.69 Å². The molecule has 0 fully saturated rings. The lowest BCUT2D eigenvalue weighted by atomic mass is 10.1. The number of hydrogen-bond donors (Lipinski definition) is 2. The number of nitrogens with one attached hydrogen (secondary N) is 1. The average molecular weight is 501 g/mol. The molecular formula is C28H40N2O6. The Morgan fingerprint density at radius 3 is 1.92 bits per heavy atom. The third-order valence-corrected chi connectivity index (χ3v) is 5.19. The molecule has 8 nitrogen and oxygen atoms in total. The van der Waals surface area contributed by atoms with Gasteiger partial charge in [0.05, 0.1) is 32.3 Å². The fraction of sp³-hybridized carbons (Fsp3) is 0.500. The topological polar surface area (TPSA) is 97.3 Å². The normalized spacial score (nSPS) is 12.3. The summed E-state index contributed by atoms with van der Waals surface area (Å²) in [5.41, 5.74) is 1.81. The highest BCUT2D eigenvalue weighted by Gasteiger charge is 2.21. The molecule has 0 aliphatic heterocycles. The molecule has 1 atom stereocenters. The smallest absolute Gasteiger partial charge is 0.407 e. The molecule has 2 aromatic rings. The van der Waals surface area contributed by atoms with Gasteiger partial charge in [-0.15, -0.1) is 0 Å². The van der Waals surface area contributed by atoms with Gasteiger partial charge in [-0.05, 0) is 38.3 Å². The molecule has 0 aliphatic carbocycles. The molecule has 0 aliphatic rings. The summed E-state index contributed by atoms with van der Waals surface area (Å²) in [5, 5.41) is 11.7. The lowest BCUT2D eigenvalue weighted by Crippen LogP contribution is -2.41. The van der Waals surface area contributed by atoms with Gasteiger partial charge < -0.3 is 24.6 Å². The van der Waals surface area contributed by atoms with Crippen LogP contribution in [0.5, 0.6) is 0 Å². The van der Waals surface area contributed by atoms with Crippen LogP contribution in [0, 0.1) is 0 Å². The van der Waals surface area contributed by atoms with E-state index in [1.807, 2.05) is 57.2 Å². The molecule has 0 bridgehead atoms. The van der Waals surface area contributed by atoms with E-state index < -0.39 is 17.7 Å². The number of ether oxygens (including phenoxy) is 3. The Kier molecular flexibility index (Phi) is 13.0. The fourth-order valence-corrected chi connectivity index (χ4v) is 3.49. The van der Waals surface area contributed by atoms with Crippen molar-refractivity contribution in [3.05, 3.63) is 71.8 Å². The van der Waals surface area contributed by atoms with Crippen LogP contribution in [0.15, 0.2) is 60.7 Å². The lowest BCUT2D eigenvalue weighted by Gasteiger charge is -2.32. The minimum atomic E-state index is -0.884. The first-order chi connectivity index (χ1) is 17.2. The Morgan fingerprint density at radius 1 is 0.889 bits per heavy atom. The average Bonchev–Trinajstić information content (AvgIpc) is 2.82. The largest absolute Gasteiger partial charge is 0.481 e. The van der Waals surface area contributed by atoms with E-state index >= 15 is 0 Å². The molecule has 0 heterocycles. The van der Waals surface area contributed by atoms with Crippen LogP contribution in [-0.4, -0.2) is 66.7 Å². The van der Waals surface area contributed by atoms with Crippen LogP contribution in [0.25, 0.3) is 0 Å². The van der Waals surface area contributed by atoms with Gasteiger partial charge in [0.1, 0.15) is 5.60 Å². The van der Waals surface area contributed by atoms with Crippen molar-refractivity contribution in [1.29, 1.82) is 0 Å². The molecule has 0 radical (unpaired) electrons. The molecule has 1 unspecified atom stereocenters. The van der Waals surface area contributed by atoms with Gasteiger partial charge in [-0.25, -0.2) is 4.79 Å². The number of hydrogen-bond acceptors (Lipinski definition) is 6. The summed E-state index contributed by atoms with van der Waals surface area (Å²) in [6.07, 6.45) is 0.161. The second kappa shape index (κ2) is 15.9. The monoisotopic (exact) mass is 500 g/mol. The van der Waals surface area contributed by atoms with E-state index in [-0.39, 0.29) is 19.1 Å². The van der Waals surface area contributed by atoms with E-state index in [9.17, 15) is 9.59 Å². The van der Waals surface area contributed by atoms with E-state index in [0.29, 0.717) is 45.9 Å². The molecule has 0 aromatic heterocycles. The summed E-state index contributed by atoms with van der Waals surface area (Å²) >= 11 is 0. The van der Waals surface area contributed by atoms with Crippen LogP contribution in [0.1, 0.15) is 44.7 Å². The van der Waals surface area contributed by atoms with Crippen molar-refractivity contribution in [2.75, 3.05) is 33.0 Å². The number of carbonyl (C=O) groups is 2. The Morgan fingerprint density at radius 2 is 1.42 bits per heavy atom. The number of alkyl carbamates (subject to hydrolysis) is 1. The zero-order valence-electron chi connectivity index (χ0n) is 21.7. The molecule has 2 N–H and O–H groups in total. The Labute approximate surface area is 214 Å². The Bertz CT molecular complexity index is 844. The molecule has 1 amide bonds. The van der Waals surface area contributed by atoms with Crippen LogP contribution in [0.4, 0.5) is 4.79 Å². The number of amides is 1. The third-order valence-electron chi connectivity index (χ3n) is 5.19. The molecule has 0 saturated heterocycles. The van der Waals surface area contributed by atoms with Gasteiger partial charge >= 0.3 is 12.1 Å². The van der Waals surface area contributed by atoms with E-state index in [4.69, 9.17) is 19.3 Å². The molecule has 36 heavy (non-hydrogen) atoms. The number of aliphatic carboxylic acids is 1. The van der Waals surface area contributed by atoms with Crippen molar-refractivity contribution in [2.24, 2.45) is 0 Å². The van der Waals surface area contributed by atoms with Crippen molar-refractivity contribution in [2.45, 2.75) is 58.3 Å². The van der Waals surface area contributed by atoms with E-state index in [1.54, 1.807) is 0 Å². The summed E-state index contributed by atoms with van der Waals surface area (Å²) in [5.74, 6) is -0.884. The van der Waals surface area contributed by atoms with Gasteiger partial charge in [0.15, 0.2) is 0 Å². The molecule has 0 spiro atoms. The predicted molar refractivity (Wildman–Crippen MR) is 139 cm³/mol. The highest BCUT2D eigenvalue weighted by Crippen LogP contribution is 2.15. The highest BCUT2D eigenvalue weighted by molar-refractivity contribution is 5.67. The number of rotatable bonds is 16. The second-order valence-electron chi connectivity index (χ2n) is 9.61. The van der Waals surface area contributed by atoms with Gasteiger partial charge in [0.25, 0.3) is 0 Å². The second-order valence-corrected chi connectivity index (χ2v) is 9.61. The fourth-order valence-electron chi connectivity index (χ4n) is 3.49. The summed E-state index contributed by atoms with van der Waals surface area (Å²) in [6.45, 7) is 8.70. The van der Waals surface area contributed by atoms with E-state index in [2.05, 4.69) is 34.5 Å². The van der Waals surface area contributed by atoms with Crippen molar-refractivity contribution >= 4 is 12.1 Å². The van der Waals surface area contributed by atoms with Crippen LogP contribution in [0.2, 0.25) is 0 Å². The van der Waals surface area contributed by atoms with Crippen molar-refractivity contribution in [3.8, 4) is 0 Å². The molecule has 198 valence electrons. The SMILES string of the molecule is CC(C)(C)OC(=O)NCCCOCC(COCCC(=O)O)N(Cc1ccccc1)Cc1ccccc1. The Hall–Kier alpha value is -2.94. The first-order valence-electron chi connectivity index (χ1n) is 12.4. The molecule has 8 heteroatoms. The number of carboxylic acids is 1.